The molecule has 1 aliphatic rings. The van der Waals surface area contributed by atoms with Crippen LogP contribution >= 0.6 is 11.6 Å². The number of rotatable bonds is 3. The van der Waals surface area contributed by atoms with Crippen LogP contribution in [0.4, 0.5) is 5.69 Å². The van der Waals surface area contributed by atoms with Crippen LogP contribution in [-0.4, -0.2) is 16.7 Å². The summed E-state index contributed by atoms with van der Waals surface area (Å²) in [6, 6.07) is 12.9. The van der Waals surface area contributed by atoms with Gasteiger partial charge >= 0.3 is 0 Å². The predicted octanol–water partition coefficient (Wildman–Crippen LogP) is 4.55. The molecule has 1 N–H and O–H groups in total. The van der Waals surface area contributed by atoms with E-state index >= 15 is 0 Å². The molecule has 128 valence electrons. The molecule has 0 radical (unpaired) electrons. The Morgan fingerprint density at radius 1 is 1.16 bits per heavy atom. The SMILES string of the molecule is CC(=O)N1C=Cc2ccccc2[C@H]1CC(=O)Nc1cccc(Cl)c1C. The number of carbonyl (C=O) groups is 2. The maximum absolute atomic E-state index is 12.6. The van der Waals surface area contributed by atoms with Gasteiger partial charge in [0.1, 0.15) is 0 Å². The van der Waals surface area contributed by atoms with Gasteiger partial charge in [-0.25, -0.2) is 0 Å². The molecule has 0 unspecified atom stereocenters. The van der Waals surface area contributed by atoms with Crippen LogP contribution in [0.15, 0.2) is 48.7 Å². The highest BCUT2D eigenvalue weighted by molar-refractivity contribution is 6.31. The van der Waals surface area contributed by atoms with Crippen LogP contribution in [0.5, 0.6) is 0 Å². The smallest absolute Gasteiger partial charge is 0.226 e. The molecule has 2 amide bonds. The maximum atomic E-state index is 12.6. The largest absolute Gasteiger partial charge is 0.326 e. The number of nitrogens with one attached hydrogen (secondary N) is 1. The average Bonchev–Trinajstić information content (AvgIpc) is 2.59. The fourth-order valence-corrected chi connectivity index (χ4v) is 3.21. The van der Waals surface area contributed by atoms with E-state index < -0.39 is 0 Å². The first kappa shape index (κ1) is 17.2. The number of fused-ring (bicyclic) bond motifs is 1. The van der Waals surface area contributed by atoms with Gasteiger partial charge in [0.05, 0.1) is 12.5 Å². The molecule has 0 spiro atoms. The second kappa shape index (κ2) is 7.11. The Labute approximate surface area is 152 Å². The molecule has 2 aromatic carbocycles. The maximum Gasteiger partial charge on any atom is 0.226 e. The summed E-state index contributed by atoms with van der Waals surface area (Å²) < 4.78 is 0. The van der Waals surface area contributed by atoms with E-state index in [1.807, 2.05) is 43.3 Å². The van der Waals surface area contributed by atoms with Gasteiger partial charge in [0.15, 0.2) is 0 Å². The number of carbonyl (C=O) groups excluding carboxylic acids is 2. The molecular weight excluding hydrogens is 336 g/mol. The predicted molar refractivity (Wildman–Crippen MR) is 100 cm³/mol. The summed E-state index contributed by atoms with van der Waals surface area (Å²) in [5.41, 5.74) is 3.51. The second-order valence-corrected chi connectivity index (χ2v) is 6.46. The van der Waals surface area contributed by atoms with Crippen LogP contribution in [0.2, 0.25) is 5.02 Å². The van der Waals surface area contributed by atoms with Crippen LogP contribution in [0.3, 0.4) is 0 Å². The van der Waals surface area contributed by atoms with Crippen LogP contribution in [0.25, 0.3) is 6.08 Å². The molecule has 3 rings (SSSR count). The third-order valence-corrected chi connectivity index (χ3v) is 4.80. The van der Waals surface area contributed by atoms with Crippen molar-refractivity contribution in [3.05, 3.63) is 70.4 Å². The molecule has 5 heteroatoms. The van der Waals surface area contributed by atoms with Gasteiger partial charge in [-0.05, 0) is 41.8 Å². The number of nitrogens with zero attached hydrogens (tertiary/aromatic N) is 1. The lowest BCUT2D eigenvalue weighted by Crippen LogP contribution is -2.33. The molecular formula is C20H19ClN2O2. The van der Waals surface area contributed by atoms with Crippen LogP contribution in [0, 0.1) is 6.92 Å². The van der Waals surface area contributed by atoms with Crippen molar-refractivity contribution in [2.45, 2.75) is 26.3 Å². The van der Waals surface area contributed by atoms with Crippen molar-refractivity contribution in [2.24, 2.45) is 0 Å². The van der Waals surface area contributed by atoms with E-state index in [4.69, 9.17) is 11.6 Å². The van der Waals surface area contributed by atoms with Gasteiger partial charge in [0.2, 0.25) is 11.8 Å². The summed E-state index contributed by atoms with van der Waals surface area (Å²) in [6.07, 6.45) is 3.81. The van der Waals surface area contributed by atoms with Gasteiger partial charge in [-0.15, -0.1) is 0 Å². The molecule has 1 atom stereocenters. The summed E-state index contributed by atoms with van der Waals surface area (Å²) in [4.78, 5) is 26.2. The van der Waals surface area contributed by atoms with Crippen molar-refractivity contribution < 1.29 is 9.59 Å². The molecule has 0 saturated heterocycles. The number of amides is 2. The molecule has 0 bridgehead atoms. The normalized spacial score (nSPS) is 15.6. The van der Waals surface area contributed by atoms with Gasteiger partial charge in [0.25, 0.3) is 0 Å². The summed E-state index contributed by atoms with van der Waals surface area (Å²) in [5.74, 6) is -0.255. The van der Waals surface area contributed by atoms with Gasteiger partial charge in [-0.1, -0.05) is 41.9 Å². The minimum Gasteiger partial charge on any atom is -0.326 e. The molecule has 0 aliphatic carbocycles. The molecule has 2 aromatic rings. The first-order valence-corrected chi connectivity index (χ1v) is 8.46. The number of hydrogen-bond acceptors (Lipinski definition) is 2. The number of anilines is 1. The van der Waals surface area contributed by atoms with Gasteiger partial charge in [-0.2, -0.15) is 0 Å². The van der Waals surface area contributed by atoms with Gasteiger partial charge in [0, 0.05) is 23.8 Å². The number of benzene rings is 2. The molecule has 1 heterocycles. The lowest BCUT2D eigenvalue weighted by Gasteiger charge is -2.32. The highest BCUT2D eigenvalue weighted by Gasteiger charge is 2.28. The van der Waals surface area contributed by atoms with E-state index in [1.54, 1.807) is 23.2 Å². The Balaban J connectivity index is 1.84. The minimum absolute atomic E-state index is 0.0949. The summed E-state index contributed by atoms with van der Waals surface area (Å²) in [5, 5.41) is 3.51. The topological polar surface area (TPSA) is 49.4 Å². The molecule has 0 saturated carbocycles. The van der Waals surface area contributed by atoms with Crippen molar-refractivity contribution in [1.29, 1.82) is 0 Å². The third kappa shape index (κ3) is 3.59. The van der Waals surface area contributed by atoms with E-state index in [2.05, 4.69) is 5.32 Å². The second-order valence-electron chi connectivity index (χ2n) is 6.05. The Kier molecular flexibility index (Phi) is 4.91. The number of halogens is 1. The molecule has 4 nitrogen and oxygen atoms in total. The first-order chi connectivity index (χ1) is 12.0. The Hall–Kier alpha value is -2.59. The lowest BCUT2D eigenvalue weighted by atomic mass is 9.93. The summed E-state index contributed by atoms with van der Waals surface area (Å²) in [6.45, 7) is 3.36. The van der Waals surface area contributed by atoms with Crippen molar-refractivity contribution in [3.8, 4) is 0 Å². The number of hydrogen-bond donors (Lipinski definition) is 1. The fraction of sp³-hybridized carbons (Fsp3) is 0.200. The average molecular weight is 355 g/mol. The minimum atomic E-state index is -0.321. The highest BCUT2D eigenvalue weighted by atomic mass is 35.5. The van der Waals surface area contributed by atoms with E-state index in [1.165, 1.54) is 6.92 Å². The fourth-order valence-electron chi connectivity index (χ4n) is 3.03. The van der Waals surface area contributed by atoms with Crippen molar-refractivity contribution in [3.63, 3.8) is 0 Å². The first-order valence-electron chi connectivity index (χ1n) is 8.08. The molecule has 0 aromatic heterocycles. The van der Waals surface area contributed by atoms with Gasteiger partial charge < -0.3 is 10.2 Å². The van der Waals surface area contributed by atoms with Crippen LogP contribution in [0.1, 0.15) is 36.1 Å². The van der Waals surface area contributed by atoms with E-state index in [0.29, 0.717) is 10.7 Å². The van der Waals surface area contributed by atoms with E-state index in [9.17, 15) is 9.59 Å². The standard InChI is InChI=1S/C20H19ClN2O2/c1-13-17(21)8-5-9-18(13)22-20(25)12-19-16-7-4-3-6-15(16)10-11-23(19)14(2)24/h3-11,19H,12H2,1-2H3,(H,22,25)/t19-/m1/s1. The Morgan fingerprint density at radius 2 is 1.92 bits per heavy atom. The lowest BCUT2D eigenvalue weighted by molar-refractivity contribution is -0.129. The van der Waals surface area contributed by atoms with Gasteiger partial charge in [-0.3, -0.25) is 9.59 Å². The van der Waals surface area contributed by atoms with Crippen molar-refractivity contribution in [2.75, 3.05) is 5.32 Å². The van der Waals surface area contributed by atoms with Crippen molar-refractivity contribution >= 4 is 35.2 Å². The molecule has 0 fully saturated rings. The van der Waals surface area contributed by atoms with Crippen LogP contribution in [-0.2, 0) is 9.59 Å². The Morgan fingerprint density at radius 3 is 2.68 bits per heavy atom. The highest BCUT2D eigenvalue weighted by Crippen LogP contribution is 2.33. The zero-order valence-corrected chi connectivity index (χ0v) is 14.9. The van der Waals surface area contributed by atoms with E-state index in [-0.39, 0.29) is 24.3 Å². The van der Waals surface area contributed by atoms with E-state index in [0.717, 1.165) is 16.7 Å². The van der Waals surface area contributed by atoms with Crippen LogP contribution < -0.4 is 5.32 Å². The molecule has 1 aliphatic heterocycles. The zero-order valence-electron chi connectivity index (χ0n) is 14.1. The third-order valence-electron chi connectivity index (χ3n) is 4.39. The Bertz CT molecular complexity index is 861. The summed E-state index contributed by atoms with van der Waals surface area (Å²) >= 11 is 6.11. The monoisotopic (exact) mass is 354 g/mol. The molecule has 25 heavy (non-hydrogen) atoms. The quantitative estimate of drug-likeness (QED) is 0.878. The zero-order chi connectivity index (χ0) is 18.0. The van der Waals surface area contributed by atoms with Crippen molar-refractivity contribution in [1.82, 2.24) is 4.90 Å². The summed E-state index contributed by atoms with van der Waals surface area (Å²) in [7, 11) is 0.